The first kappa shape index (κ1) is 16.2. The molecule has 1 heterocycles. The second kappa shape index (κ2) is 8.97. The average molecular weight is 297 g/mol. The van der Waals surface area contributed by atoms with Crippen molar-refractivity contribution in [2.24, 2.45) is 0 Å². The van der Waals surface area contributed by atoms with Gasteiger partial charge in [-0.25, -0.2) is 4.39 Å². The predicted molar refractivity (Wildman–Crippen MR) is 79.1 cm³/mol. The maximum atomic E-state index is 14.0. The summed E-state index contributed by atoms with van der Waals surface area (Å²) in [6, 6.07) is 5.07. The Morgan fingerprint density at radius 3 is 3.00 bits per heavy atom. The van der Waals surface area contributed by atoms with Crippen LogP contribution < -0.4 is 10.1 Å². The summed E-state index contributed by atoms with van der Waals surface area (Å²) in [6.07, 6.45) is 3.34. The quantitative estimate of drug-likeness (QED) is 0.749. The zero-order valence-corrected chi connectivity index (χ0v) is 12.6. The van der Waals surface area contributed by atoms with Crippen molar-refractivity contribution < 1.29 is 18.6 Å². The summed E-state index contributed by atoms with van der Waals surface area (Å²) in [5, 5.41) is 3.18. The van der Waals surface area contributed by atoms with Crippen LogP contribution in [0.3, 0.4) is 0 Å². The highest BCUT2D eigenvalue weighted by Gasteiger charge is 2.15. The van der Waals surface area contributed by atoms with Crippen LogP contribution in [0.25, 0.3) is 0 Å². The first-order chi connectivity index (χ1) is 10.3. The molecular weight excluding hydrogens is 273 g/mol. The van der Waals surface area contributed by atoms with Crippen LogP contribution in [0.2, 0.25) is 0 Å². The maximum absolute atomic E-state index is 14.0. The van der Waals surface area contributed by atoms with Gasteiger partial charge in [0.25, 0.3) is 0 Å². The lowest BCUT2D eigenvalue weighted by Crippen LogP contribution is -2.26. The lowest BCUT2D eigenvalue weighted by Gasteiger charge is -2.22. The summed E-state index contributed by atoms with van der Waals surface area (Å²) >= 11 is 0. The Morgan fingerprint density at radius 1 is 1.38 bits per heavy atom. The molecule has 0 saturated carbocycles. The summed E-state index contributed by atoms with van der Waals surface area (Å²) in [5.74, 6) is -0.0262. The normalized spacial score (nSPS) is 18.7. The van der Waals surface area contributed by atoms with Crippen LogP contribution in [0.15, 0.2) is 18.2 Å². The van der Waals surface area contributed by atoms with Gasteiger partial charge in [0.2, 0.25) is 0 Å². The maximum Gasteiger partial charge on any atom is 0.165 e. The van der Waals surface area contributed by atoms with Crippen LogP contribution >= 0.6 is 0 Å². The Morgan fingerprint density at radius 2 is 2.29 bits per heavy atom. The first-order valence-corrected chi connectivity index (χ1v) is 7.52. The van der Waals surface area contributed by atoms with Gasteiger partial charge in [0.05, 0.1) is 12.7 Å². The molecule has 1 aromatic rings. The highest BCUT2D eigenvalue weighted by molar-refractivity contribution is 5.29. The summed E-state index contributed by atoms with van der Waals surface area (Å²) in [7, 11) is 1.66. The van der Waals surface area contributed by atoms with Gasteiger partial charge in [-0.3, -0.25) is 0 Å². The van der Waals surface area contributed by atoms with E-state index in [1.165, 1.54) is 6.07 Å². The lowest BCUT2D eigenvalue weighted by atomic mass is 10.1. The molecule has 21 heavy (non-hydrogen) atoms. The van der Waals surface area contributed by atoms with Crippen LogP contribution in [0, 0.1) is 5.82 Å². The number of nitrogens with one attached hydrogen (secondary N) is 1. The molecule has 1 aliphatic heterocycles. The molecule has 0 radical (unpaired) electrons. The molecular formula is C16H24FNO3. The fourth-order valence-electron chi connectivity index (χ4n) is 2.30. The Bertz CT molecular complexity index is 422. The summed E-state index contributed by atoms with van der Waals surface area (Å²) in [4.78, 5) is 0. The molecule has 118 valence electrons. The average Bonchev–Trinajstić information content (AvgIpc) is 2.52. The van der Waals surface area contributed by atoms with Crippen molar-refractivity contribution in [3.05, 3.63) is 29.6 Å². The van der Waals surface area contributed by atoms with Gasteiger partial charge in [0.15, 0.2) is 11.6 Å². The molecule has 0 aromatic heterocycles. The summed E-state index contributed by atoms with van der Waals surface area (Å²) < 4.78 is 30.0. The Balaban J connectivity index is 1.78. The van der Waals surface area contributed by atoms with Gasteiger partial charge in [-0.15, -0.1) is 0 Å². The molecule has 1 saturated heterocycles. The van der Waals surface area contributed by atoms with E-state index in [9.17, 15) is 4.39 Å². The minimum Gasteiger partial charge on any atom is -0.488 e. The van der Waals surface area contributed by atoms with Crippen LogP contribution in [0.1, 0.15) is 24.8 Å². The molecule has 0 aliphatic carbocycles. The van der Waals surface area contributed by atoms with Crippen molar-refractivity contribution in [3.63, 3.8) is 0 Å². The van der Waals surface area contributed by atoms with E-state index < -0.39 is 0 Å². The molecule has 4 nitrogen and oxygen atoms in total. The molecule has 1 aliphatic rings. The van der Waals surface area contributed by atoms with Crippen molar-refractivity contribution >= 4 is 0 Å². The molecule has 0 bridgehead atoms. The van der Waals surface area contributed by atoms with Gasteiger partial charge >= 0.3 is 0 Å². The second-order valence-electron chi connectivity index (χ2n) is 5.23. The van der Waals surface area contributed by atoms with E-state index in [0.717, 1.165) is 38.0 Å². The molecule has 1 unspecified atom stereocenters. The fourth-order valence-corrected chi connectivity index (χ4v) is 2.30. The largest absolute Gasteiger partial charge is 0.488 e. The van der Waals surface area contributed by atoms with Gasteiger partial charge in [0.1, 0.15) is 6.61 Å². The number of methoxy groups -OCH3 is 1. The van der Waals surface area contributed by atoms with Crippen molar-refractivity contribution in [1.29, 1.82) is 0 Å². The van der Waals surface area contributed by atoms with Crippen LogP contribution in [0.4, 0.5) is 4.39 Å². The Hall–Kier alpha value is -1.17. The van der Waals surface area contributed by atoms with E-state index in [1.807, 2.05) is 6.07 Å². The summed E-state index contributed by atoms with van der Waals surface area (Å²) in [5.41, 5.74) is 0.893. The molecule has 5 heteroatoms. The number of rotatable bonds is 8. The fraction of sp³-hybridized carbons (Fsp3) is 0.625. The van der Waals surface area contributed by atoms with E-state index in [1.54, 1.807) is 13.2 Å². The second-order valence-corrected chi connectivity index (χ2v) is 5.23. The minimum absolute atomic E-state index is 0.0912. The van der Waals surface area contributed by atoms with E-state index in [4.69, 9.17) is 14.2 Å². The molecule has 0 spiro atoms. The van der Waals surface area contributed by atoms with Crippen LogP contribution in [-0.2, 0) is 16.0 Å². The third kappa shape index (κ3) is 5.61. The third-order valence-electron chi connectivity index (χ3n) is 3.51. The van der Waals surface area contributed by atoms with Gasteiger partial charge in [-0.05, 0) is 37.0 Å². The van der Waals surface area contributed by atoms with Gasteiger partial charge < -0.3 is 19.5 Å². The van der Waals surface area contributed by atoms with Crippen molar-refractivity contribution in [2.45, 2.75) is 31.9 Å². The van der Waals surface area contributed by atoms with Crippen molar-refractivity contribution in [3.8, 4) is 5.75 Å². The topological polar surface area (TPSA) is 39.7 Å². The molecule has 1 fully saturated rings. The van der Waals surface area contributed by atoms with Gasteiger partial charge in [-0.2, -0.15) is 0 Å². The lowest BCUT2D eigenvalue weighted by molar-refractivity contribution is -0.0117. The molecule has 1 N–H and O–H groups in total. The minimum atomic E-state index is -0.322. The molecule has 1 atom stereocenters. The van der Waals surface area contributed by atoms with E-state index in [0.29, 0.717) is 25.5 Å². The number of benzene rings is 1. The molecule has 0 amide bonds. The first-order valence-electron chi connectivity index (χ1n) is 7.52. The van der Waals surface area contributed by atoms with Gasteiger partial charge in [0, 0.05) is 26.8 Å². The van der Waals surface area contributed by atoms with Crippen LogP contribution in [0.5, 0.6) is 5.75 Å². The van der Waals surface area contributed by atoms with Crippen molar-refractivity contribution in [1.82, 2.24) is 5.32 Å². The SMILES string of the molecule is COCCNCc1ccc(OCC2CCCCO2)c(F)c1. The van der Waals surface area contributed by atoms with E-state index >= 15 is 0 Å². The summed E-state index contributed by atoms with van der Waals surface area (Å²) in [6.45, 7) is 3.21. The Kier molecular flexibility index (Phi) is 6.92. The highest BCUT2D eigenvalue weighted by Crippen LogP contribution is 2.20. The Labute approximate surface area is 125 Å². The predicted octanol–water partition coefficient (Wildman–Crippen LogP) is 2.51. The molecule has 1 aromatic carbocycles. The number of halogens is 1. The third-order valence-corrected chi connectivity index (χ3v) is 3.51. The monoisotopic (exact) mass is 297 g/mol. The standard InChI is InChI=1S/C16H24FNO3/c1-19-9-7-18-11-13-5-6-16(15(17)10-13)21-12-14-4-2-3-8-20-14/h5-6,10,14,18H,2-4,7-9,11-12H2,1H3. The van der Waals surface area contributed by atoms with Crippen LogP contribution in [-0.4, -0.2) is 39.6 Å². The zero-order valence-electron chi connectivity index (χ0n) is 12.6. The number of hydrogen-bond acceptors (Lipinski definition) is 4. The van der Waals surface area contributed by atoms with E-state index in [2.05, 4.69) is 5.32 Å². The zero-order chi connectivity index (χ0) is 14.9. The number of ether oxygens (including phenoxy) is 3. The molecule has 2 rings (SSSR count). The highest BCUT2D eigenvalue weighted by atomic mass is 19.1. The van der Waals surface area contributed by atoms with Gasteiger partial charge in [-0.1, -0.05) is 6.07 Å². The smallest absolute Gasteiger partial charge is 0.165 e. The number of hydrogen-bond donors (Lipinski definition) is 1. The van der Waals surface area contributed by atoms with Crippen molar-refractivity contribution in [2.75, 3.05) is 33.5 Å². The van der Waals surface area contributed by atoms with E-state index in [-0.39, 0.29) is 11.9 Å².